The van der Waals surface area contributed by atoms with Gasteiger partial charge >= 0.3 is 0 Å². The van der Waals surface area contributed by atoms with Crippen LogP contribution in [0.5, 0.6) is 0 Å². The molecule has 0 radical (unpaired) electrons. The summed E-state index contributed by atoms with van der Waals surface area (Å²) in [5, 5.41) is 0. The van der Waals surface area contributed by atoms with Gasteiger partial charge in [-0.15, -0.1) is 24.8 Å². The Morgan fingerprint density at radius 2 is 2.40 bits per heavy atom. The quantitative estimate of drug-likeness (QED) is 0.560. The molecule has 0 spiro atoms. The lowest BCUT2D eigenvalue weighted by atomic mass is 10.2. The van der Waals surface area contributed by atoms with Crippen LogP contribution in [0.4, 0.5) is 0 Å². The van der Waals surface area contributed by atoms with E-state index in [0.29, 0.717) is 6.42 Å². The molecule has 0 saturated heterocycles. The first-order valence-corrected chi connectivity index (χ1v) is 2.76. The van der Waals surface area contributed by atoms with Crippen LogP contribution >= 0.6 is 12.4 Å². The van der Waals surface area contributed by atoms with Crippen molar-refractivity contribution in [2.75, 3.05) is 0 Å². The molecule has 1 rings (SSSR count). The molecule has 1 aromatic rings. The number of terminal acetylenes is 1. The van der Waals surface area contributed by atoms with Crippen LogP contribution < -0.4 is 0 Å². The Labute approximate surface area is 66.9 Å². The predicted octanol–water partition coefficient (Wildman–Crippen LogP) is 1.68. The molecule has 0 saturated carbocycles. The number of pyridine rings is 1. The summed E-state index contributed by atoms with van der Waals surface area (Å²) in [5.41, 5.74) is 1.10. The maximum atomic E-state index is 5.08. The molecule has 0 aliphatic carbocycles. The fourth-order valence-electron chi connectivity index (χ4n) is 0.621. The van der Waals surface area contributed by atoms with Gasteiger partial charge in [0.1, 0.15) is 0 Å². The van der Waals surface area contributed by atoms with Gasteiger partial charge in [0.05, 0.1) is 0 Å². The smallest absolute Gasteiger partial charge is 0.0352 e. The van der Waals surface area contributed by atoms with Gasteiger partial charge < -0.3 is 0 Å². The van der Waals surface area contributed by atoms with E-state index in [1.165, 1.54) is 0 Å². The normalized spacial score (nSPS) is 7.50. The summed E-state index contributed by atoms with van der Waals surface area (Å²) in [6, 6.07) is 3.85. The number of halogens is 1. The lowest BCUT2D eigenvalue weighted by Gasteiger charge is -1.88. The Balaban J connectivity index is 0.000000810. The minimum absolute atomic E-state index is 0. The van der Waals surface area contributed by atoms with Crippen LogP contribution in [-0.2, 0) is 6.42 Å². The molecule has 0 aromatic carbocycles. The van der Waals surface area contributed by atoms with Crippen molar-refractivity contribution in [3.05, 3.63) is 30.1 Å². The van der Waals surface area contributed by atoms with Gasteiger partial charge in [-0.3, -0.25) is 4.98 Å². The second-order valence-corrected chi connectivity index (χ2v) is 1.74. The van der Waals surface area contributed by atoms with E-state index >= 15 is 0 Å². The molecule has 0 aliphatic heterocycles. The molecule has 0 bridgehead atoms. The molecule has 52 valence electrons. The molecule has 0 amide bonds. The van der Waals surface area contributed by atoms with Gasteiger partial charge in [-0.05, 0) is 11.6 Å². The Kier molecular flexibility index (Phi) is 4.36. The highest BCUT2D eigenvalue weighted by molar-refractivity contribution is 5.85. The average Bonchev–Trinajstić information content (AvgIpc) is 1.91. The number of rotatable bonds is 1. The van der Waals surface area contributed by atoms with Crippen molar-refractivity contribution in [2.45, 2.75) is 6.42 Å². The van der Waals surface area contributed by atoms with Crippen molar-refractivity contribution in [3.8, 4) is 12.3 Å². The van der Waals surface area contributed by atoms with Crippen LogP contribution in [0.25, 0.3) is 0 Å². The van der Waals surface area contributed by atoms with E-state index in [0.717, 1.165) is 5.56 Å². The van der Waals surface area contributed by atoms with Crippen molar-refractivity contribution in [1.82, 2.24) is 4.98 Å². The second-order valence-electron chi connectivity index (χ2n) is 1.74. The van der Waals surface area contributed by atoms with Crippen LogP contribution in [-0.4, -0.2) is 4.98 Å². The van der Waals surface area contributed by atoms with Crippen molar-refractivity contribution < 1.29 is 0 Å². The second kappa shape index (κ2) is 4.84. The molecule has 0 atom stereocenters. The Morgan fingerprint density at radius 3 is 2.90 bits per heavy atom. The van der Waals surface area contributed by atoms with Gasteiger partial charge in [0.25, 0.3) is 0 Å². The van der Waals surface area contributed by atoms with E-state index in [2.05, 4.69) is 10.9 Å². The van der Waals surface area contributed by atoms with E-state index in [9.17, 15) is 0 Å². The minimum Gasteiger partial charge on any atom is -0.264 e. The summed E-state index contributed by atoms with van der Waals surface area (Å²) < 4.78 is 0. The van der Waals surface area contributed by atoms with Crippen molar-refractivity contribution in [1.29, 1.82) is 0 Å². The van der Waals surface area contributed by atoms with E-state index in [-0.39, 0.29) is 12.4 Å². The van der Waals surface area contributed by atoms with Gasteiger partial charge in [0.2, 0.25) is 0 Å². The first-order valence-electron chi connectivity index (χ1n) is 2.76. The average molecular weight is 154 g/mol. The summed E-state index contributed by atoms with van der Waals surface area (Å²) in [7, 11) is 0. The Hall–Kier alpha value is -1.00. The number of hydrogen-bond acceptors (Lipinski definition) is 1. The Morgan fingerprint density at radius 1 is 1.60 bits per heavy atom. The predicted molar refractivity (Wildman–Crippen MR) is 44.0 cm³/mol. The number of nitrogens with zero attached hydrogens (tertiary/aromatic N) is 1. The fourth-order valence-corrected chi connectivity index (χ4v) is 0.621. The van der Waals surface area contributed by atoms with E-state index in [4.69, 9.17) is 6.42 Å². The summed E-state index contributed by atoms with van der Waals surface area (Å²) in [6.07, 6.45) is 9.27. The van der Waals surface area contributed by atoms with Gasteiger partial charge in [0.15, 0.2) is 0 Å². The first-order chi connectivity index (χ1) is 4.43. The van der Waals surface area contributed by atoms with E-state index in [1.54, 1.807) is 12.4 Å². The third-order valence-electron chi connectivity index (χ3n) is 1.03. The zero-order chi connectivity index (χ0) is 6.53. The molecule has 10 heavy (non-hydrogen) atoms. The zero-order valence-electron chi connectivity index (χ0n) is 5.45. The summed E-state index contributed by atoms with van der Waals surface area (Å²) >= 11 is 0. The van der Waals surface area contributed by atoms with Crippen molar-refractivity contribution >= 4 is 12.4 Å². The monoisotopic (exact) mass is 153 g/mol. The molecule has 0 fully saturated rings. The fraction of sp³-hybridized carbons (Fsp3) is 0.125. The van der Waals surface area contributed by atoms with E-state index < -0.39 is 0 Å². The van der Waals surface area contributed by atoms with Crippen LogP contribution in [0, 0.1) is 12.3 Å². The molecule has 0 aliphatic rings. The number of hydrogen-bond donors (Lipinski definition) is 0. The molecule has 0 N–H and O–H groups in total. The first kappa shape index (κ1) is 9.00. The summed E-state index contributed by atoms with van der Waals surface area (Å²) in [4.78, 5) is 3.91. The highest BCUT2D eigenvalue weighted by Crippen LogP contribution is 1.93. The largest absolute Gasteiger partial charge is 0.264 e. The van der Waals surface area contributed by atoms with Gasteiger partial charge in [0, 0.05) is 18.8 Å². The highest BCUT2D eigenvalue weighted by atomic mass is 35.5. The lowest BCUT2D eigenvalue weighted by Crippen LogP contribution is -1.79. The third kappa shape index (κ3) is 2.52. The van der Waals surface area contributed by atoms with Gasteiger partial charge in [-0.2, -0.15) is 0 Å². The zero-order valence-corrected chi connectivity index (χ0v) is 6.27. The SMILES string of the molecule is C#CCc1cccnc1.Cl. The topological polar surface area (TPSA) is 12.9 Å². The van der Waals surface area contributed by atoms with Crippen molar-refractivity contribution in [3.63, 3.8) is 0 Å². The molecule has 1 aromatic heterocycles. The highest BCUT2D eigenvalue weighted by Gasteiger charge is 1.83. The van der Waals surface area contributed by atoms with Crippen molar-refractivity contribution in [2.24, 2.45) is 0 Å². The molecule has 1 nitrogen and oxygen atoms in total. The molecular weight excluding hydrogens is 146 g/mol. The minimum atomic E-state index is 0. The third-order valence-corrected chi connectivity index (χ3v) is 1.03. The van der Waals surface area contributed by atoms with Crippen LogP contribution in [0.15, 0.2) is 24.5 Å². The lowest BCUT2D eigenvalue weighted by molar-refractivity contribution is 1.21. The number of aromatic nitrogens is 1. The summed E-state index contributed by atoms with van der Waals surface area (Å²) in [5.74, 6) is 2.54. The van der Waals surface area contributed by atoms with Crippen LogP contribution in [0.1, 0.15) is 5.56 Å². The Bertz CT molecular complexity index is 212. The summed E-state index contributed by atoms with van der Waals surface area (Å²) in [6.45, 7) is 0. The maximum Gasteiger partial charge on any atom is 0.0352 e. The van der Waals surface area contributed by atoms with Gasteiger partial charge in [-0.1, -0.05) is 6.07 Å². The maximum absolute atomic E-state index is 5.08. The molecule has 0 unspecified atom stereocenters. The van der Waals surface area contributed by atoms with Crippen LogP contribution in [0.2, 0.25) is 0 Å². The standard InChI is InChI=1S/C8H7N.ClH/c1-2-4-8-5-3-6-9-7-8;/h1,3,5-7H,4H2;1H. The molecular formula is C8H8ClN. The molecule has 2 heteroatoms. The van der Waals surface area contributed by atoms with E-state index in [1.807, 2.05) is 12.1 Å². The molecule has 1 heterocycles. The van der Waals surface area contributed by atoms with Gasteiger partial charge in [-0.25, -0.2) is 0 Å². The van der Waals surface area contributed by atoms with Crippen LogP contribution in [0.3, 0.4) is 0 Å².